The average molecular weight is 429 g/mol. The second kappa shape index (κ2) is 11.3. The Morgan fingerprint density at radius 2 is 1.83 bits per heavy atom. The van der Waals surface area contributed by atoms with Crippen LogP contribution in [0.25, 0.3) is 0 Å². The second-order valence-corrected chi connectivity index (χ2v) is 10.4. The first-order valence-electron chi connectivity index (χ1n) is 11.5. The summed E-state index contributed by atoms with van der Waals surface area (Å²) in [6.07, 6.45) is 9.01. The van der Waals surface area contributed by atoms with E-state index in [1.54, 1.807) is 0 Å². The Balaban J connectivity index is 1.83. The molecule has 29 heavy (non-hydrogen) atoms. The SMILES string of the molecule is CCOOC1C(=O)N(CCN(C)C)C2CCCCC2SC1C1CCC(OC)CC1. The zero-order valence-corrected chi connectivity index (χ0v) is 19.5. The van der Waals surface area contributed by atoms with Crippen molar-refractivity contribution < 1.29 is 19.3 Å². The van der Waals surface area contributed by atoms with Gasteiger partial charge in [-0.15, -0.1) is 11.8 Å². The molecule has 0 aromatic carbocycles. The summed E-state index contributed by atoms with van der Waals surface area (Å²) < 4.78 is 5.58. The number of nitrogens with zero attached hydrogens (tertiary/aromatic N) is 2. The molecule has 0 bridgehead atoms. The van der Waals surface area contributed by atoms with Gasteiger partial charge >= 0.3 is 0 Å². The maximum absolute atomic E-state index is 13.8. The average Bonchev–Trinajstić information content (AvgIpc) is 2.85. The predicted molar refractivity (Wildman–Crippen MR) is 117 cm³/mol. The van der Waals surface area contributed by atoms with Gasteiger partial charge in [0.1, 0.15) is 0 Å². The van der Waals surface area contributed by atoms with Crippen LogP contribution in [0.3, 0.4) is 0 Å². The van der Waals surface area contributed by atoms with E-state index < -0.39 is 6.10 Å². The van der Waals surface area contributed by atoms with Crippen LogP contribution in [0.1, 0.15) is 58.3 Å². The van der Waals surface area contributed by atoms with Gasteiger partial charge in [0.15, 0.2) is 6.10 Å². The summed E-state index contributed by atoms with van der Waals surface area (Å²) in [5, 5.41) is 0.678. The lowest BCUT2D eigenvalue weighted by Gasteiger charge is -2.38. The molecule has 0 aromatic rings. The van der Waals surface area contributed by atoms with E-state index in [1.807, 2.05) is 25.8 Å². The Labute approximate surface area is 180 Å². The van der Waals surface area contributed by atoms with Crippen LogP contribution in [0, 0.1) is 5.92 Å². The largest absolute Gasteiger partial charge is 0.381 e. The summed E-state index contributed by atoms with van der Waals surface area (Å²) in [5.74, 6) is 0.623. The van der Waals surface area contributed by atoms with Crippen LogP contribution in [0.2, 0.25) is 0 Å². The fourth-order valence-corrected chi connectivity index (χ4v) is 7.13. The maximum Gasteiger partial charge on any atom is 0.256 e. The van der Waals surface area contributed by atoms with Gasteiger partial charge in [-0.25, -0.2) is 9.78 Å². The summed E-state index contributed by atoms with van der Waals surface area (Å²) in [7, 11) is 5.95. The number of hydrogen-bond acceptors (Lipinski definition) is 6. The third kappa shape index (κ3) is 5.88. The molecule has 3 aliphatic rings. The van der Waals surface area contributed by atoms with E-state index in [4.69, 9.17) is 14.5 Å². The van der Waals surface area contributed by atoms with E-state index in [0.29, 0.717) is 29.9 Å². The molecule has 0 aromatic heterocycles. The zero-order chi connectivity index (χ0) is 20.8. The van der Waals surface area contributed by atoms with Crippen molar-refractivity contribution in [1.82, 2.24) is 9.80 Å². The van der Waals surface area contributed by atoms with Crippen LogP contribution in [0.15, 0.2) is 0 Å². The molecule has 1 heterocycles. The molecular formula is C22H40N2O4S. The molecule has 0 N–H and O–H groups in total. The summed E-state index contributed by atoms with van der Waals surface area (Å²) in [5.41, 5.74) is 0. The molecule has 0 spiro atoms. The van der Waals surface area contributed by atoms with Crippen molar-refractivity contribution in [2.24, 2.45) is 5.92 Å². The van der Waals surface area contributed by atoms with Crippen LogP contribution in [0.4, 0.5) is 0 Å². The van der Waals surface area contributed by atoms with Crippen molar-refractivity contribution in [3.8, 4) is 0 Å². The third-order valence-electron chi connectivity index (χ3n) is 6.82. The number of amides is 1. The highest BCUT2D eigenvalue weighted by Gasteiger charge is 2.48. The molecule has 3 fully saturated rings. The molecule has 6 nitrogen and oxygen atoms in total. The lowest BCUT2D eigenvalue weighted by atomic mass is 9.83. The van der Waals surface area contributed by atoms with E-state index in [-0.39, 0.29) is 11.2 Å². The maximum atomic E-state index is 13.8. The first-order chi connectivity index (χ1) is 14.0. The van der Waals surface area contributed by atoms with Gasteiger partial charge in [0.2, 0.25) is 0 Å². The van der Waals surface area contributed by atoms with Crippen LogP contribution in [0.5, 0.6) is 0 Å². The number of ether oxygens (including phenoxy) is 1. The van der Waals surface area contributed by atoms with Crippen molar-refractivity contribution in [2.75, 3.05) is 40.9 Å². The molecule has 168 valence electrons. The Hall–Kier alpha value is -0.340. The minimum atomic E-state index is -0.503. The summed E-state index contributed by atoms with van der Waals surface area (Å²) in [4.78, 5) is 29.3. The summed E-state index contributed by atoms with van der Waals surface area (Å²) in [6.45, 7) is 4.02. The lowest BCUT2D eigenvalue weighted by molar-refractivity contribution is -0.316. The van der Waals surface area contributed by atoms with Crippen molar-refractivity contribution in [1.29, 1.82) is 0 Å². The standard InChI is InChI=1S/C22H40N2O4S/c1-5-27-28-20-21(16-10-12-17(26-4)13-11-16)29-19-9-7-6-8-18(19)24(22(20)25)15-14-23(2)3/h16-21H,5-15H2,1-4H3. The highest BCUT2D eigenvalue weighted by atomic mass is 32.2. The van der Waals surface area contributed by atoms with E-state index in [9.17, 15) is 4.79 Å². The fourth-order valence-electron chi connectivity index (χ4n) is 5.17. The number of carbonyl (C=O) groups excluding carboxylic acids is 1. The second-order valence-electron chi connectivity index (χ2n) is 9.02. The van der Waals surface area contributed by atoms with Gasteiger partial charge in [0, 0.05) is 36.7 Å². The number of hydrogen-bond donors (Lipinski definition) is 0. The number of fused-ring (bicyclic) bond motifs is 1. The van der Waals surface area contributed by atoms with Gasteiger partial charge in [-0.3, -0.25) is 4.79 Å². The molecule has 7 heteroatoms. The molecule has 3 rings (SSSR count). The predicted octanol–water partition coefficient (Wildman–Crippen LogP) is 3.35. The highest BCUT2D eigenvalue weighted by Crippen LogP contribution is 2.45. The fraction of sp³-hybridized carbons (Fsp3) is 0.955. The summed E-state index contributed by atoms with van der Waals surface area (Å²) in [6, 6.07) is 0.328. The Kier molecular flexibility index (Phi) is 9.11. The number of thioether (sulfide) groups is 1. The Morgan fingerprint density at radius 3 is 2.48 bits per heavy atom. The van der Waals surface area contributed by atoms with Crippen molar-refractivity contribution >= 4 is 17.7 Å². The lowest BCUT2D eigenvalue weighted by Crippen LogP contribution is -2.52. The minimum absolute atomic E-state index is 0.140. The third-order valence-corrected chi connectivity index (χ3v) is 8.67. The van der Waals surface area contributed by atoms with E-state index in [0.717, 1.165) is 45.2 Å². The first kappa shape index (κ1) is 23.3. The van der Waals surface area contributed by atoms with E-state index in [2.05, 4.69) is 23.9 Å². The number of likely N-dealkylation sites (N-methyl/N-ethyl adjacent to an activating group) is 1. The van der Waals surface area contributed by atoms with Gasteiger partial charge in [0.25, 0.3) is 5.91 Å². The molecule has 2 saturated carbocycles. The number of rotatable bonds is 8. The summed E-state index contributed by atoms with van der Waals surface area (Å²) >= 11 is 2.03. The molecule has 1 amide bonds. The van der Waals surface area contributed by atoms with Gasteiger partial charge in [-0.1, -0.05) is 12.8 Å². The van der Waals surface area contributed by atoms with Crippen LogP contribution in [-0.2, 0) is 19.3 Å². The monoisotopic (exact) mass is 428 g/mol. The van der Waals surface area contributed by atoms with E-state index >= 15 is 0 Å². The number of carbonyl (C=O) groups is 1. The van der Waals surface area contributed by atoms with Gasteiger partial charge < -0.3 is 14.5 Å². The molecule has 1 aliphatic heterocycles. The topological polar surface area (TPSA) is 51.2 Å². The molecule has 4 atom stereocenters. The van der Waals surface area contributed by atoms with Crippen LogP contribution in [-0.4, -0.2) is 85.4 Å². The molecule has 1 saturated heterocycles. The molecular weight excluding hydrogens is 388 g/mol. The molecule has 4 unspecified atom stereocenters. The Bertz CT molecular complexity index is 513. The Morgan fingerprint density at radius 1 is 1.10 bits per heavy atom. The normalized spacial score (nSPS) is 36.2. The van der Waals surface area contributed by atoms with Gasteiger partial charge in [-0.2, -0.15) is 0 Å². The molecule has 2 aliphatic carbocycles. The molecule has 0 radical (unpaired) electrons. The van der Waals surface area contributed by atoms with Gasteiger partial charge in [0.05, 0.1) is 12.7 Å². The van der Waals surface area contributed by atoms with E-state index in [1.165, 1.54) is 19.3 Å². The van der Waals surface area contributed by atoms with Crippen molar-refractivity contribution in [3.05, 3.63) is 0 Å². The zero-order valence-electron chi connectivity index (χ0n) is 18.7. The smallest absolute Gasteiger partial charge is 0.256 e. The minimum Gasteiger partial charge on any atom is -0.381 e. The highest BCUT2D eigenvalue weighted by molar-refractivity contribution is 8.00. The quantitative estimate of drug-likeness (QED) is 0.437. The van der Waals surface area contributed by atoms with Crippen molar-refractivity contribution in [3.63, 3.8) is 0 Å². The van der Waals surface area contributed by atoms with Crippen LogP contribution < -0.4 is 0 Å². The first-order valence-corrected chi connectivity index (χ1v) is 12.4. The van der Waals surface area contributed by atoms with Crippen molar-refractivity contribution in [2.45, 2.75) is 87.0 Å². The van der Waals surface area contributed by atoms with Gasteiger partial charge in [-0.05, 0) is 65.5 Å². The number of methoxy groups -OCH3 is 1. The van der Waals surface area contributed by atoms with Crippen LogP contribution >= 0.6 is 11.8 Å².